The Labute approximate surface area is 195 Å². The lowest BCUT2D eigenvalue weighted by Gasteiger charge is -2.46. The third-order valence-electron chi connectivity index (χ3n) is 6.19. The molecule has 0 amide bonds. The van der Waals surface area contributed by atoms with E-state index in [0.717, 1.165) is 5.56 Å². The number of aliphatic hydroxyl groups excluding tert-OH is 4. The van der Waals surface area contributed by atoms with Crippen LogP contribution in [0.4, 0.5) is 0 Å². The van der Waals surface area contributed by atoms with Crippen molar-refractivity contribution in [2.75, 3.05) is 19.8 Å². The van der Waals surface area contributed by atoms with Gasteiger partial charge in [0, 0.05) is 6.42 Å². The molecule has 2 aliphatic rings. The Kier molecular flexibility index (Phi) is 7.06. The number of phenols is 1. The van der Waals surface area contributed by atoms with Gasteiger partial charge in [-0.1, -0.05) is 12.1 Å². The molecule has 182 valence electrons. The van der Waals surface area contributed by atoms with Gasteiger partial charge in [-0.2, -0.15) is 5.26 Å². The van der Waals surface area contributed by atoms with E-state index >= 15 is 0 Å². The van der Waals surface area contributed by atoms with Crippen molar-refractivity contribution in [3.05, 3.63) is 58.7 Å². The Morgan fingerprint density at radius 3 is 2.47 bits per heavy atom. The summed E-state index contributed by atoms with van der Waals surface area (Å²) in [6.45, 7) is 0.0422. The zero-order chi connectivity index (χ0) is 24.5. The maximum absolute atomic E-state index is 11.5. The van der Waals surface area contributed by atoms with Gasteiger partial charge in [-0.25, -0.2) is 0 Å². The summed E-state index contributed by atoms with van der Waals surface area (Å²) in [6.07, 6.45) is -6.40. The molecule has 2 aliphatic heterocycles. The number of aromatic hydroxyl groups is 1. The van der Waals surface area contributed by atoms with Crippen LogP contribution in [0.25, 0.3) is 0 Å². The zero-order valence-electron chi connectivity index (χ0n) is 18.2. The Morgan fingerprint density at radius 1 is 1.12 bits per heavy atom. The molecular formula is C24H27NO9. The number of hydrogen-bond acceptors (Lipinski definition) is 10. The Morgan fingerprint density at radius 2 is 1.85 bits per heavy atom. The number of aliphatic hydroxyl groups is 5. The molecule has 2 saturated heterocycles. The van der Waals surface area contributed by atoms with Gasteiger partial charge < -0.3 is 44.8 Å². The second-order valence-corrected chi connectivity index (χ2v) is 8.53. The molecule has 0 aliphatic carbocycles. The minimum absolute atomic E-state index is 0.0448. The SMILES string of the molecule is N#Cc1cc(O[C@H]2CCOC2)c([C@@]2(O)O[C@H](CO)[C@@H](O)[C@H](O)[C@H]2O)cc1Cc1ccc(O)cc1. The summed E-state index contributed by atoms with van der Waals surface area (Å²) in [7, 11) is 0. The van der Waals surface area contributed by atoms with Gasteiger partial charge in [0.25, 0.3) is 0 Å². The predicted molar refractivity (Wildman–Crippen MR) is 116 cm³/mol. The summed E-state index contributed by atoms with van der Waals surface area (Å²) in [5.74, 6) is -2.43. The van der Waals surface area contributed by atoms with E-state index in [-0.39, 0.29) is 35.2 Å². The molecule has 2 heterocycles. The molecule has 6 atom stereocenters. The highest BCUT2D eigenvalue weighted by atomic mass is 16.7. The average molecular weight is 473 g/mol. The van der Waals surface area contributed by atoms with Crippen LogP contribution in [0.5, 0.6) is 11.5 Å². The topological polar surface area (TPSA) is 173 Å². The number of hydrogen-bond donors (Lipinski definition) is 6. The Bertz CT molecular complexity index is 1050. The molecule has 34 heavy (non-hydrogen) atoms. The van der Waals surface area contributed by atoms with Crippen LogP contribution in [-0.4, -0.2) is 81.0 Å². The van der Waals surface area contributed by atoms with Crippen LogP contribution < -0.4 is 4.74 Å². The van der Waals surface area contributed by atoms with Crippen LogP contribution in [0.3, 0.4) is 0 Å². The minimum Gasteiger partial charge on any atom is -0.508 e. The first-order valence-corrected chi connectivity index (χ1v) is 10.9. The van der Waals surface area contributed by atoms with Gasteiger partial charge in [0.2, 0.25) is 5.79 Å². The molecule has 10 heteroatoms. The van der Waals surface area contributed by atoms with Gasteiger partial charge in [-0.15, -0.1) is 0 Å². The van der Waals surface area contributed by atoms with E-state index < -0.39 is 36.8 Å². The number of rotatable bonds is 6. The molecule has 0 bridgehead atoms. The molecule has 2 aromatic carbocycles. The fraction of sp³-hybridized carbons (Fsp3) is 0.458. The standard InChI is InChI=1S/C24H27NO9/c25-10-15-9-19(33-17-5-6-32-12-17)18(8-14(15)7-13-1-3-16(27)4-2-13)24(31)23(30)22(29)21(28)20(11-26)34-24/h1-4,8-9,17,20-23,26-31H,5-7,11-12H2/t17-,20+,21+,22-,23+,24+/m0/s1. The monoisotopic (exact) mass is 473 g/mol. The second kappa shape index (κ2) is 9.85. The van der Waals surface area contributed by atoms with Crippen molar-refractivity contribution in [1.29, 1.82) is 5.26 Å². The van der Waals surface area contributed by atoms with Crippen molar-refractivity contribution >= 4 is 0 Å². The van der Waals surface area contributed by atoms with Crippen molar-refractivity contribution in [2.45, 2.75) is 49.1 Å². The van der Waals surface area contributed by atoms with Gasteiger partial charge in [0.05, 0.1) is 37.0 Å². The fourth-order valence-electron chi connectivity index (χ4n) is 4.25. The summed E-state index contributed by atoms with van der Waals surface area (Å²) >= 11 is 0. The van der Waals surface area contributed by atoms with E-state index in [1.807, 2.05) is 0 Å². The minimum atomic E-state index is -2.56. The maximum Gasteiger partial charge on any atom is 0.226 e. The van der Waals surface area contributed by atoms with Crippen LogP contribution in [0.1, 0.15) is 28.7 Å². The van der Waals surface area contributed by atoms with E-state index in [1.54, 1.807) is 12.1 Å². The fourth-order valence-corrected chi connectivity index (χ4v) is 4.25. The molecular weight excluding hydrogens is 446 g/mol. The lowest BCUT2D eigenvalue weighted by atomic mass is 9.85. The van der Waals surface area contributed by atoms with Crippen LogP contribution in [-0.2, 0) is 21.7 Å². The highest BCUT2D eigenvalue weighted by Gasteiger charge is 2.55. The van der Waals surface area contributed by atoms with Crippen molar-refractivity contribution < 1.29 is 44.8 Å². The molecule has 2 fully saturated rings. The summed E-state index contributed by atoms with van der Waals surface area (Å²) < 4.78 is 16.9. The van der Waals surface area contributed by atoms with Crippen molar-refractivity contribution in [3.63, 3.8) is 0 Å². The molecule has 0 aromatic heterocycles. The van der Waals surface area contributed by atoms with Gasteiger partial charge >= 0.3 is 0 Å². The number of benzene rings is 2. The van der Waals surface area contributed by atoms with Crippen LogP contribution >= 0.6 is 0 Å². The third-order valence-corrected chi connectivity index (χ3v) is 6.19. The average Bonchev–Trinajstić information content (AvgIpc) is 3.35. The Hall–Kier alpha value is -2.75. The van der Waals surface area contributed by atoms with Gasteiger partial charge in [-0.3, -0.25) is 0 Å². The first kappa shape index (κ1) is 24.4. The van der Waals surface area contributed by atoms with E-state index in [1.165, 1.54) is 24.3 Å². The summed E-state index contributed by atoms with van der Waals surface area (Å²) in [6, 6.07) is 11.3. The molecule has 4 rings (SSSR count). The third kappa shape index (κ3) is 4.60. The summed E-state index contributed by atoms with van der Waals surface area (Å²) in [5.41, 5.74) is 1.41. The van der Waals surface area contributed by atoms with Crippen LogP contribution in [0.15, 0.2) is 36.4 Å². The van der Waals surface area contributed by atoms with Crippen molar-refractivity contribution in [1.82, 2.24) is 0 Å². The molecule has 0 unspecified atom stereocenters. The first-order chi connectivity index (χ1) is 16.3. The zero-order valence-corrected chi connectivity index (χ0v) is 18.2. The molecule has 0 spiro atoms. The lowest BCUT2D eigenvalue weighted by Crippen LogP contribution is -2.63. The number of phenolic OH excluding ortho intramolecular Hbond substituents is 1. The van der Waals surface area contributed by atoms with E-state index in [4.69, 9.17) is 14.2 Å². The highest BCUT2D eigenvalue weighted by molar-refractivity contribution is 5.52. The maximum atomic E-state index is 11.5. The molecule has 10 nitrogen and oxygen atoms in total. The largest absolute Gasteiger partial charge is 0.508 e. The highest BCUT2D eigenvalue weighted by Crippen LogP contribution is 2.42. The Balaban J connectivity index is 1.81. The summed E-state index contributed by atoms with van der Waals surface area (Å²) in [4.78, 5) is 0. The van der Waals surface area contributed by atoms with Crippen LogP contribution in [0, 0.1) is 11.3 Å². The quantitative estimate of drug-likeness (QED) is 0.325. The number of nitrogens with zero attached hydrogens (tertiary/aromatic N) is 1. The van der Waals surface area contributed by atoms with Crippen molar-refractivity contribution in [2.24, 2.45) is 0 Å². The van der Waals surface area contributed by atoms with Crippen molar-refractivity contribution in [3.8, 4) is 17.6 Å². The van der Waals surface area contributed by atoms with Crippen LogP contribution in [0.2, 0.25) is 0 Å². The van der Waals surface area contributed by atoms with Gasteiger partial charge in [-0.05, 0) is 41.8 Å². The summed E-state index contributed by atoms with van der Waals surface area (Å²) in [5, 5.41) is 71.6. The normalized spacial score (nSPS) is 31.2. The second-order valence-electron chi connectivity index (χ2n) is 8.53. The van der Waals surface area contributed by atoms with Gasteiger partial charge in [0.1, 0.15) is 42.0 Å². The van der Waals surface area contributed by atoms with E-state index in [0.29, 0.717) is 25.2 Å². The van der Waals surface area contributed by atoms with Gasteiger partial charge in [0.15, 0.2) is 0 Å². The van der Waals surface area contributed by atoms with E-state index in [2.05, 4.69) is 6.07 Å². The molecule has 6 N–H and O–H groups in total. The molecule has 0 radical (unpaired) electrons. The number of nitriles is 1. The predicted octanol–water partition coefficient (Wildman–Crippen LogP) is -0.359. The lowest BCUT2D eigenvalue weighted by molar-refractivity contribution is -0.358. The molecule has 0 saturated carbocycles. The smallest absolute Gasteiger partial charge is 0.226 e. The molecule has 2 aromatic rings. The number of ether oxygens (including phenoxy) is 3. The van der Waals surface area contributed by atoms with E-state index in [9.17, 15) is 35.9 Å². The first-order valence-electron chi connectivity index (χ1n) is 10.9.